The molecule has 2 aromatic heterocycles. The molecule has 0 saturated heterocycles. The molecule has 3 rings (SSSR count). The zero-order chi connectivity index (χ0) is 21.5. The van der Waals surface area contributed by atoms with Crippen LogP contribution in [0.1, 0.15) is 54.9 Å². The number of Topliss-reactive ketones (excluding diaryl/α,β-unsaturated/α-hetero) is 1. The summed E-state index contributed by atoms with van der Waals surface area (Å²) >= 11 is 0. The first-order valence-corrected chi connectivity index (χ1v) is 10.3. The number of carbonyl (C=O) groups is 1. The molecule has 0 aliphatic carbocycles. The van der Waals surface area contributed by atoms with E-state index in [4.69, 9.17) is 13.9 Å². The number of hydrogen-bond donors (Lipinski definition) is 0. The fraction of sp³-hybridized carbons (Fsp3) is 0.375. The zero-order valence-corrected chi connectivity index (χ0v) is 18.0. The van der Waals surface area contributed by atoms with Crippen LogP contribution in [-0.4, -0.2) is 29.0 Å². The number of oxazole rings is 1. The van der Waals surface area contributed by atoms with Gasteiger partial charge in [0.05, 0.1) is 18.9 Å². The second-order valence-corrected chi connectivity index (χ2v) is 7.16. The molecule has 1 aromatic carbocycles. The van der Waals surface area contributed by atoms with E-state index in [0.717, 1.165) is 29.7 Å². The number of aryl methyl sites for hydroxylation is 2. The monoisotopic (exact) mass is 408 g/mol. The number of benzene rings is 1. The summed E-state index contributed by atoms with van der Waals surface area (Å²) in [6.07, 6.45) is 6.00. The van der Waals surface area contributed by atoms with Crippen LogP contribution in [-0.2, 0) is 6.42 Å². The zero-order valence-electron chi connectivity index (χ0n) is 18.0. The third-order valence-corrected chi connectivity index (χ3v) is 5.05. The Labute approximate surface area is 177 Å². The minimum atomic E-state index is 0.00274. The van der Waals surface area contributed by atoms with Crippen molar-refractivity contribution < 1.29 is 18.7 Å². The van der Waals surface area contributed by atoms with Crippen LogP contribution in [0.3, 0.4) is 0 Å². The Morgan fingerprint density at radius 2 is 1.97 bits per heavy atom. The molecule has 6 nitrogen and oxygen atoms in total. The predicted molar refractivity (Wildman–Crippen MR) is 115 cm³/mol. The summed E-state index contributed by atoms with van der Waals surface area (Å²) in [6, 6.07) is 9.33. The van der Waals surface area contributed by atoms with Gasteiger partial charge >= 0.3 is 0 Å². The van der Waals surface area contributed by atoms with E-state index in [0.29, 0.717) is 35.9 Å². The summed E-state index contributed by atoms with van der Waals surface area (Å²) < 4.78 is 17.2. The highest BCUT2D eigenvalue weighted by Gasteiger charge is 2.16. The lowest BCUT2D eigenvalue weighted by molar-refractivity contribution is 0.0977. The Morgan fingerprint density at radius 3 is 2.67 bits per heavy atom. The highest BCUT2D eigenvalue weighted by atomic mass is 16.5. The molecule has 0 saturated carbocycles. The summed E-state index contributed by atoms with van der Waals surface area (Å²) in [5.41, 5.74) is 2.92. The van der Waals surface area contributed by atoms with Crippen molar-refractivity contribution in [1.29, 1.82) is 0 Å². The Bertz CT molecular complexity index is 992. The molecule has 0 unspecified atom stereocenters. The number of nitrogens with zero attached hydrogens (tertiary/aromatic N) is 2. The number of pyridine rings is 1. The van der Waals surface area contributed by atoms with Crippen molar-refractivity contribution >= 4 is 5.78 Å². The van der Waals surface area contributed by atoms with Gasteiger partial charge in [0.25, 0.3) is 0 Å². The van der Waals surface area contributed by atoms with Crippen molar-refractivity contribution in [2.24, 2.45) is 0 Å². The number of methoxy groups -OCH3 is 1. The van der Waals surface area contributed by atoms with Crippen molar-refractivity contribution in [3.8, 4) is 23.0 Å². The van der Waals surface area contributed by atoms with Crippen LogP contribution in [0.4, 0.5) is 0 Å². The van der Waals surface area contributed by atoms with Crippen LogP contribution in [0, 0.1) is 6.92 Å². The standard InChI is InChI=1S/C24H28N2O4/c1-5-19(6-2)30-22-14-17(9-12-21(22)28-4)24-26-18(15-29-24)10-11-20(27)23-16(3)8-7-13-25-23/h7-9,12-15,19H,5-6,10-11H2,1-4H3. The summed E-state index contributed by atoms with van der Waals surface area (Å²) in [5, 5.41) is 0. The second-order valence-electron chi connectivity index (χ2n) is 7.16. The van der Waals surface area contributed by atoms with Gasteiger partial charge in [-0.3, -0.25) is 9.78 Å². The van der Waals surface area contributed by atoms with E-state index >= 15 is 0 Å². The molecule has 3 aromatic rings. The van der Waals surface area contributed by atoms with Crippen molar-refractivity contribution in [2.45, 2.75) is 52.6 Å². The second kappa shape index (κ2) is 10.1. The van der Waals surface area contributed by atoms with Crippen LogP contribution < -0.4 is 9.47 Å². The van der Waals surface area contributed by atoms with Crippen molar-refractivity contribution in [2.75, 3.05) is 7.11 Å². The van der Waals surface area contributed by atoms with Gasteiger partial charge in [-0.1, -0.05) is 19.9 Å². The highest BCUT2D eigenvalue weighted by molar-refractivity contribution is 5.95. The van der Waals surface area contributed by atoms with Gasteiger partial charge in [-0.2, -0.15) is 0 Å². The maximum Gasteiger partial charge on any atom is 0.226 e. The number of ether oxygens (including phenoxy) is 2. The molecule has 30 heavy (non-hydrogen) atoms. The molecule has 0 amide bonds. The van der Waals surface area contributed by atoms with Crippen LogP contribution in [0.25, 0.3) is 11.5 Å². The third kappa shape index (κ3) is 5.06. The van der Waals surface area contributed by atoms with E-state index < -0.39 is 0 Å². The van der Waals surface area contributed by atoms with E-state index in [2.05, 4.69) is 23.8 Å². The van der Waals surface area contributed by atoms with Crippen molar-refractivity contribution in [3.05, 3.63) is 59.7 Å². The Hall–Kier alpha value is -3.15. The fourth-order valence-corrected chi connectivity index (χ4v) is 3.23. The number of aromatic nitrogens is 2. The third-order valence-electron chi connectivity index (χ3n) is 5.05. The minimum absolute atomic E-state index is 0.00274. The lowest BCUT2D eigenvalue weighted by Crippen LogP contribution is -2.14. The maximum absolute atomic E-state index is 12.4. The van der Waals surface area contributed by atoms with Gasteiger partial charge in [0, 0.05) is 24.6 Å². The lowest BCUT2D eigenvalue weighted by atomic mass is 10.1. The largest absolute Gasteiger partial charge is 0.493 e. The van der Waals surface area contributed by atoms with E-state index in [-0.39, 0.29) is 11.9 Å². The van der Waals surface area contributed by atoms with Crippen LogP contribution in [0.5, 0.6) is 11.5 Å². The molecule has 0 aliphatic rings. The molecular weight excluding hydrogens is 380 g/mol. The molecule has 0 fully saturated rings. The smallest absolute Gasteiger partial charge is 0.226 e. The molecule has 158 valence electrons. The van der Waals surface area contributed by atoms with Crippen molar-refractivity contribution in [1.82, 2.24) is 9.97 Å². The van der Waals surface area contributed by atoms with Crippen LogP contribution >= 0.6 is 0 Å². The average Bonchev–Trinajstić information content (AvgIpc) is 3.25. The van der Waals surface area contributed by atoms with Crippen molar-refractivity contribution in [3.63, 3.8) is 0 Å². The fourth-order valence-electron chi connectivity index (χ4n) is 3.23. The normalized spacial score (nSPS) is 11.0. The van der Waals surface area contributed by atoms with Gasteiger partial charge in [-0.25, -0.2) is 4.98 Å². The van der Waals surface area contributed by atoms with Gasteiger partial charge in [0.1, 0.15) is 12.0 Å². The maximum atomic E-state index is 12.4. The Balaban J connectivity index is 1.72. The van der Waals surface area contributed by atoms with Crippen LogP contribution in [0.2, 0.25) is 0 Å². The molecule has 2 heterocycles. The number of hydrogen-bond acceptors (Lipinski definition) is 6. The summed E-state index contributed by atoms with van der Waals surface area (Å²) in [4.78, 5) is 21.2. The molecule has 0 radical (unpaired) electrons. The first kappa shape index (κ1) is 21.6. The molecule has 0 N–H and O–H groups in total. The SMILES string of the molecule is CCC(CC)Oc1cc(-c2nc(CCC(=O)c3ncccc3C)co2)ccc1OC. The van der Waals surface area contributed by atoms with E-state index in [9.17, 15) is 4.79 Å². The molecule has 6 heteroatoms. The summed E-state index contributed by atoms with van der Waals surface area (Å²) in [6.45, 7) is 6.08. The summed E-state index contributed by atoms with van der Waals surface area (Å²) in [7, 11) is 1.62. The number of rotatable bonds is 10. The lowest BCUT2D eigenvalue weighted by Gasteiger charge is -2.18. The van der Waals surface area contributed by atoms with Crippen LogP contribution in [0.15, 0.2) is 47.2 Å². The topological polar surface area (TPSA) is 74.5 Å². The van der Waals surface area contributed by atoms with Gasteiger partial charge in [0.2, 0.25) is 5.89 Å². The predicted octanol–water partition coefficient (Wildman–Crippen LogP) is 5.44. The summed E-state index contributed by atoms with van der Waals surface area (Å²) in [5.74, 6) is 1.84. The number of carbonyl (C=O) groups excluding carboxylic acids is 1. The average molecular weight is 408 g/mol. The minimum Gasteiger partial charge on any atom is -0.493 e. The Kier molecular flexibility index (Phi) is 7.22. The number of ketones is 1. The molecular formula is C24H28N2O4. The van der Waals surface area contributed by atoms with Gasteiger partial charge < -0.3 is 13.9 Å². The molecule has 0 aliphatic heterocycles. The first-order chi connectivity index (χ1) is 14.5. The quantitative estimate of drug-likeness (QED) is 0.416. The van der Waals surface area contributed by atoms with E-state index in [1.54, 1.807) is 19.6 Å². The molecule has 0 spiro atoms. The Morgan fingerprint density at radius 1 is 1.17 bits per heavy atom. The highest BCUT2D eigenvalue weighted by Crippen LogP contribution is 2.33. The van der Waals surface area contributed by atoms with E-state index in [1.165, 1.54) is 0 Å². The van der Waals surface area contributed by atoms with Gasteiger partial charge in [-0.15, -0.1) is 0 Å². The molecule has 0 bridgehead atoms. The van der Waals surface area contributed by atoms with Gasteiger partial charge in [-0.05, 0) is 49.6 Å². The first-order valence-electron chi connectivity index (χ1n) is 10.3. The van der Waals surface area contributed by atoms with Gasteiger partial charge in [0.15, 0.2) is 17.3 Å². The molecule has 0 atom stereocenters. The van der Waals surface area contributed by atoms with E-state index in [1.807, 2.05) is 37.3 Å².